The minimum absolute atomic E-state index is 0.146. The highest BCUT2D eigenvalue weighted by Crippen LogP contribution is 2.31. The number of hydrogen-bond donors (Lipinski definition) is 2. The van der Waals surface area contributed by atoms with Crippen LogP contribution in [-0.4, -0.2) is 33.2 Å². The Balaban J connectivity index is 2.09. The number of amidine groups is 1. The van der Waals surface area contributed by atoms with Crippen LogP contribution < -0.4 is 5.73 Å². The second-order valence-electron chi connectivity index (χ2n) is 3.84. The van der Waals surface area contributed by atoms with Crippen molar-refractivity contribution in [2.45, 2.75) is 14.6 Å². The summed E-state index contributed by atoms with van der Waals surface area (Å²) in [5.41, 5.74) is 6.81. The third-order valence-electron chi connectivity index (χ3n) is 2.61. The average molecular weight is 326 g/mol. The molecular weight excluding hydrogens is 312 g/mol. The third-order valence-corrected chi connectivity index (χ3v) is 5.74. The Kier molecular flexibility index (Phi) is 5.69. The maximum atomic E-state index is 8.93. The highest BCUT2D eigenvalue weighted by Gasteiger charge is 2.18. The molecule has 0 saturated heterocycles. The Morgan fingerprint density at radius 2 is 2.05 bits per heavy atom. The van der Waals surface area contributed by atoms with Crippen molar-refractivity contribution in [2.75, 3.05) is 12.0 Å². The predicted octanol–water partition coefficient (Wildman–Crippen LogP) is 2.88. The Labute approximate surface area is 129 Å². The van der Waals surface area contributed by atoms with Crippen molar-refractivity contribution in [2.24, 2.45) is 10.9 Å². The molecular formula is C12H14N4OS3. The zero-order chi connectivity index (χ0) is 14.4. The van der Waals surface area contributed by atoms with Gasteiger partial charge in [-0.1, -0.05) is 70.3 Å². The molecule has 0 aliphatic carbocycles. The van der Waals surface area contributed by atoms with E-state index in [-0.39, 0.29) is 11.8 Å². The summed E-state index contributed by atoms with van der Waals surface area (Å²) in [4.78, 5) is 0. The Morgan fingerprint density at radius 3 is 2.65 bits per heavy atom. The first-order valence-electron chi connectivity index (χ1n) is 5.77. The van der Waals surface area contributed by atoms with Gasteiger partial charge in [0.1, 0.15) is 5.84 Å². The number of benzene rings is 1. The molecule has 0 aliphatic heterocycles. The number of rotatable bonds is 6. The fourth-order valence-corrected chi connectivity index (χ4v) is 4.21. The molecule has 1 aromatic heterocycles. The summed E-state index contributed by atoms with van der Waals surface area (Å²) in [6.07, 6.45) is 1.97. The van der Waals surface area contributed by atoms with E-state index in [1.54, 1.807) is 34.9 Å². The van der Waals surface area contributed by atoms with Gasteiger partial charge in [-0.2, -0.15) is 0 Å². The third kappa shape index (κ3) is 3.87. The minimum Gasteiger partial charge on any atom is -0.409 e. The lowest BCUT2D eigenvalue weighted by Crippen LogP contribution is -2.23. The summed E-state index contributed by atoms with van der Waals surface area (Å²) in [7, 11) is 0. The first kappa shape index (κ1) is 15.1. The van der Waals surface area contributed by atoms with Gasteiger partial charge >= 0.3 is 0 Å². The Hall–Kier alpha value is -1.25. The molecule has 2 aromatic rings. The zero-order valence-electron chi connectivity index (χ0n) is 10.8. The molecule has 1 unspecified atom stereocenters. The molecule has 0 fully saturated rings. The number of hydrogen-bond acceptors (Lipinski definition) is 7. The van der Waals surface area contributed by atoms with Gasteiger partial charge in [0.25, 0.3) is 0 Å². The monoisotopic (exact) mass is 326 g/mol. The molecule has 8 heteroatoms. The van der Waals surface area contributed by atoms with E-state index < -0.39 is 0 Å². The molecule has 5 nitrogen and oxygen atoms in total. The molecule has 0 aliphatic rings. The van der Waals surface area contributed by atoms with Crippen molar-refractivity contribution in [3.05, 3.63) is 35.9 Å². The van der Waals surface area contributed by atoms with Crippen molar-refractivity contribution in [1.82, 2.24) is 10.2 Å². The van der Waals surface area contributed by atoms with E-state index in [1.807, 2.05) is 36.6 Å². The molecule has 0 amide bonds. The highest BCUT2D eigenvalue weighted by molar-refractivity contribution is 8.03. The van der Waals surface area contributed by atoms with Gasteiger partial charge in [-0.05, 0) is 11.8 Å². The van der Waals surface area contributed by atoms with E-state index in [2.05, 4.69) is 15.4 Å². The van der Waals surface area contributed by atoms with Gasteiger partial charge in [0.05, 0.1) is 5.92 Å². The van der Waals surface area contributed by atoms with Crippen molar-refractivity contribution in [1.29, 1.82) is 0 Å². The van der Waals surface area contributed by atoms with E-state index >= 15 is 0 Å². The van der Waals surface area contributed by atoms with Crippen molar-refractivity contribution in [3.8, 4) is 0 Å². The van der Waals surface area contributed by atoms with Crippen molar-refractivity contribution in [3.63, 3.8) is 0 Å². The summed E-state index contributed by atoms with van der Waals surface area (Å²) < 4.78 is 1.83. The van der Waals surface area contributed by atoms with Crippen LogP contribution >= 0.6 is 34.9 Å². The number of nitrogens with zero attached hydrogens (tertiary/aromatic N) is 3. The number of oxime groups is 1. The Bertz CT molecular complexity index is 573. The van der Waals surface area contributed by atoms with E-state index in [1.165, 1.54) is 0 Å². The van der Waals surface area contributed by atoms with Gasteiger partial charge in [-0.25, -0.2) is 0 Å². The van der Waals surface area contributed by atoms with Crippen LogP contribution in [-0.2, 0) is 0 Å². The maximum Gasteiger partial charge on any atom is 0.175 e. The lowest BCUT2D eigenvalue weighted by molar-refractivity contribution is 0.316. The number of aromatic nitrogens is 2. The van der Waals surface area contributed by atoms with Crippen LogP contribution in [0.2, 0.25) is 0 Å². The molecule has 0 radical (unpaired) electrons. The highest BCUT2D eigenvalue weighted by atomic mass is 32.2. The molecule has 3 N–H and O–H groups in total. The quantitative estimate of drug-likeness (QED) is 0.279. The Morgan fingerprint density at radius 1 is 1.35 bits per heavy atom. The maximum absolute atomic E-state index is 8.93. The summed E-state index contributed by atoms with van der Waals surface area (Å²) in [5, 5.41) is 20.2. The lowest BCUT2D eigenvalue weighted by atomic mass is 10.0. The van der Waals surface area contributed by atoms with Crippen LogP contribution in [0, 0.1) is 0 Å². The van der Waals surface area contributed by atoms with E-state index in [0.29, 0.717) is 5.75 Å². The van der Waals surface area contributed by atoms with Crippen LogP contribution in [0.4, 0.5) is 0 Å². The topological polar surface area (TPSA) is 84.4 Å². The van der Waals surface area contributed by atoms with Crippen LogP contribution in [0.1, 0.15) is 11.5 Å². The van der Waals surface area contributed by atoms with Gasteiger partial charge in [0, 0.05) is 5.75 Å². The summed E-state index contributed by atoms with van der Waals surface area (Å²) in [5.74, 6) is 0.717. The first-order valence-corrected chi connectivity index (χ1v) is 8.80. The van der Waals surface area contributed by atoms with Gasteiger partial charge in [0.15, 0.2) is 8.68 Å². The number of thioether (sulfide) groups is 2. The average Bonchev–Trinajstić information content (AvgIpc) is 2.96. The van der Waals surface area contributed by atoms with Crippen LogP contribution in [0.5, 0.6) is 0 Å². The van der Waals surface area contributed by atoms with E-state index in [0.717, 1.165) is 14.2 Å². The summed E-state index contributed by atoms with van der Waals surface area (Å²) in [6, 6.07) is 9.76. The molecule has 1 atom stereocenters. The predicted molar refractivity (Wildman–Crippen MR) is 85.0 cm³/mol. The van der Waals surface area contributed by atoms with Crippen molar-refractivity contribution >= 4 is 40.7 Å². The molecule has 1 heterocycles. The lowest BCUT2D eigenvalue weighted by Gasteiger charge is -2.14. The van der Waals surface area contributed by atoms with Crippen LogP contribution in [0.3, 0.4) is 0 Å². The molecule has 1 aromatic carbocycles. The molecule has 0 bridgehead atoms. The SMILES string of the molecule is CSc1nnc(SCC(/C(N)=N/O)c2ccccc2)s1. The second-order valence-corrected chi connectivity index (χ2v) is 7.14. The van der Waals surface area contributed by atoms with Gasteiger partial charge in [-0.15, -0.1) is 10.2 Å². The first-order chi connectivity index (χ1) is 9.74. The smallest absolute Gasteiger partial charge is 0.175 e. The van der Waals surface area contributed by atoms with Gasteiger partial charge in [-0.3, -0.25) is 0 Å². The molecule has 0 saturated carbocycles. The van der Waals surface area contributed by atoms with Crippen molar-refractivity contribution < 1.29 is 5.21 Å². The normalized spacial score (nSPS) is 13.3. The molecule has 106 valence electrons. The molecule has 0 spiro atoms. The fraction of sp³-hybridized carbons (Fsp3) is 0.250. The standard InChI is InChI=1S/C12H14N4OS3/c1-18-11-14-15-12(20-11)19-7-9(10(13)16-17)8-5-3-2-4-6-8/h2-6,9,17H,7H2,1H3,(H2,13,16). The van der Waals surface area contributed by atoms with Crippen LogP contribution in [0.25, 0.3) is 0 Å². The van der Waals surface area contributed by atoms with Gasteiger partial charge < -0.3 is 10.9 Å². The van der Waals surface area contributed by atoms with E-state index in [4.69, 9.17) is 10.9 Å². The largest absolute Gasteiger partial charge is 0.409 e. The fourth-order valence-electron chi connectivity index (χ4n) is 1.60. The zero-order valence-corrected chi connectivity index (χ0v) is 13.2. The molecule has 2 rings (SSSR count). The van der Waals surface area contributed by atoms with Gasteiger partial charge in [0.2, 0.25) is 0 Å². The minimum atomic E-state index is -0.146. The second kappa shape index (κ2) is 7.51. The summed E-state index contributed by atoms with van der Waals surface area (Å²) >= 11 is 4.69. The molecule has 20 heavy (non-hydrogen) atoms. The van der Waals surface area contributed by atoms with E-state index in [9.17, 15) is 0 Å². The van der Waals surface area contributed by atoms with Crippen LogP contribution in [0.15, 0.2) is 44.2 Å². The summed E-state index contributed by atoms with van der Waals surface area (Å²) in [6.45, 7) is 0. The number of nitrogens with two attached hydrogens (primary N) is 1.